The minimum atomic E-state index is -4.43. The molecule has 12 heteroatoms. The second-order valence-electron chi connectivity index (χ2n) is 6.19. The summed E-state index contributed by atoms with van der Waals surface area (Å²) in [5.74, 6) is -2.00. The second-order valence-corrected chi connectivity index (χ2v) is 8.04. The summed E-state index contributed by atoms with van der Waals surface area (Å²) in [6, 6.07) is 4.82. The summed E-state index contributed by atoms with van der Waals surface area (Å²) < 4.78 is 54.6. The fourth-order valence-corrected chi connectivity index (χ4v) is 4.23. The van der Waals surface area contributed by atoms with Crippen LogP contribution in [0.1, 0.15) is 33.9 Å². The van der Waals surface area contributed by atoms with Crippen molar-refractivity contribution in [3.63, 3.8) is 0 Å². The van der Waals surface area contributed by atoms with Crippen molar-refractivity contribution in [3.05, 3.63) is 63.7 Å². The first-order valence-corrected chi connectivity index (χ1v) is 10.0. The predicted molar refractivity (Wildman–Crippen MR) is 100 cm³/mol. The van der Waals surface area contributed by atoms with Gasteiger partial charge in [0.25, 0.3) is 5.91 Å². The first kappa shape index (κ1) is 21.0. The molecule has 1 aliphatic rings. The highest BCUT2D eigenvalue weighted by atomic mass is 35.5. The molecule has 0 fully saturated rings. The molecule has 8 nitrogen and oxygen atoms in total. The topological polar surface area (TPSA) is 125 Å². The summed E-state index contributed by atoms with van der Waals surface area (Å²) in [7, 11) is -4.43. The van der Waals surface area contributed by atoms with Crippen LogP contribution in [0.3, 0.4) is 0 Å². The van der Waals surface area contributed by atoms with Crippen molar-refractivity contribution in [2.45, 2.75) is 18.9 Å². The molecule has 1 aliphatic carbocycles. The number of carbonyl (C=O) groups is 2. The van der Waals surface area contributed by atoms with Crippen molar-refractivity contribution >= 4 is 39.5 Å². The molecule has 0 saturated heterocycles. The van der Waals surface area contributed by atoms with Gasteiger partial charge in [-0.3, -0.25) is 4.79 Å². The average molecular weight is 446 g/mol. The van der Waals surface area contributed by atoms with Crippen LogP contribution in [-0.2, 0) is 16.6 Å². The number of anilines is 1. The molecular weight excluding hydrogens is 432 g/mol. The van der Waals surface area contributed by atoms with Gasteiger partial charge < -0.3 is 10.4 Å². The Balaban J connectivity index is 1.88. The summed E-state index contributed by atoms with van der Waals surface area (Å²) in [4.78, 5) is 23.2. The fraction of sp³-hybridized carbons (Fsp3) is 0.176. The summed E-state index contributed by atoms with van der Waals surface area (Å²) >= 11 is 5.69. The van der Waals surface area contributed by atoms with E-state index in [1.807, 2.05) is 0 Å². The van der Waals surface area contributed by atoms with Gasteiger partial charge in [0, 0.05) is 16.8 Å². The number of amides is 2. The lowest BCUT2D eigenvalue weighted by atomic mass is 10.0. The van der Waals surface area contributed by atoms with Crippen molar-refractivity contribution in [1.29, 1.82) is 0 Å². The van der Waals surface area contributed by atoms with Crippen LogP contribution in [0.4, 0.5) is 19.3 Å². The minimum Gasteiger partial charge on any atom is -0.464 e. The first-order chi connectivity index (χ1) is 13.6. The molecule has 2 aromatic carbocycles. The van der Waals surface area contributed by atoms with Crippen LogP contribution in [-0.4, -0.2) is 25.5 Å². The van der Waals surface area contributed by atoms with E-state index in [9.17, 15) is 26.8 Å². The van der Waals surface area contributed by atoms with Crippen molar-refractivity contribution in [3.8, 4) is 0 Å². The molecule has 29 heavy (non-hydrogen) atoms. The molecule has 0 aliphatic heterocycles. The zero-order valence-electron chi connectivity index (χ0n) is 14.5. The molecule has 2 aromatic rings. The smallest absolute Gasteiger partial charge is 0.419 e. The number of benzene rings is 2. The third-order valence-electron chi connectivity index (χ3n) is 4.28. The third kappa shape index (κ3) is 4.63. The van der Waals surface area contributed by atoms with Gasteiger partial charge in [0.1, 0.15) is 11.6 Å². The minimum absolute atomic E-state index is 0.0365. The lowest BCUT2D eigenvalue weighted by molar-refractivity contribution is 0.102. The Morgan fingerprint density at radius 3 is 2.48 bits per heavy atom. The van der Waals surface area contributed by atoms with Crippen LogP contribution in [0.15, 0.2) is 30.3 Å². The number of carbonyl (C=O) groups excluding carboxylic acids is 1. The van der Waals surface area contributed by atoms with Crippen LogP contribution in [0.2, 0.25) is 5.02 Å². The van der Waals surface area contributed by atoms with Crippen molar-refractivity contribution in [1.82, 2.24) is 9.44 Å². The van der Waals surface area contributed by atoms with E-state index in [0.717, 1.165) is 12.1 Å². The maximum absolute atomic E-state index is 14.4. The number of fused-ring (bicyclic) bond motifs is 1. The zero-order chi connectivity index (χ0) is 21.3. The molecule has 0 aromatic heterocycles. The Hall–Kier alpha value is -2.76. The van der Waals surface area contributed by atoms with Crippen molar-refractivity contribution in [2.24, 2.45) is 0 Å². The van der Waals surface area contributed by atoms with Gasteiger partial charge >= 0.3 is 16.3 Å². The number of nitrogens with one attached hydrogen (secondary N) is 3. The van der Waals surface area contributed by atoms with Crippen LogP contribution < -0.4 is 14.8 Å². The molecule has 1 atom stereocenters. The number of hydrogen-bond acceptors (Lipinski definition) is 4. The van der Waals surface area contributed by atoms with E-state index in [4.69, 9.17) is 16.7 Å². The standard InChI is InChI=1S/C17H14ClF2N3O5S/c18-11-7-8(1-4-12(11)19)21-16(24)10-2-5-13(20)15-9(10)3-6-14(15)22-29(27,28)23-17(25)26/h1-2,4-5,7,14,22-23H,3,6H2,(H,21,24)(H,25,26). The molecule has 0 spiro atoms. The molecule has 4 N–H and O–H groups in total. The Morgan fingerprint density at radius 1 is 1.14 bits per heavy atom. The molecule has 3 rings (SSSR count). The van der Waals surface area contributed by atoms with E-state index >= 15 is 0 Å². The Bertz CT molecular complexity index is 1110. The van der Waals surface area contributed by atoms with E-state index in [-0.39, 0.29) is 34.7 Å². The van der Waals surface area contributed by atoms with Crippen molar-refractivity contribution in [2.75, 3.05) is 5.32 Å². The van der Waals surface area contributed by atoms with E-state index < -0.39 is 39.9 Å². The molecule has 0 heterocycles. The number of hydrogen-bond donors (Lipinski definition) is 4. The summed E-state index contributed by atoms with van der Waals surface area (Å²) in [6.07, 6.45) is -1.48. The normalized spacial score (nSPS) is 15.6. The highest BCUT2D eigenvalue weighted by molar-refractivity contribution is 7.88. The van der Waals surface area contributed by atoms with Gasteiger partial charge in [-0.1, -0.05) is 11.6 Å². The summed E-state index contributed by atoms with van der Waals surface area (Å²) in [5.41, 5.74) is 0.583. The lowest BCUT2D eigenvalue weighted by Crippen LogP contribution is -2.41. The molecular formula is C17H14ClF2N3O5S. The molecule has 0 saturated carbocycles. The number of carboxylic acid groups (broad SMARTS) is 1. The van der Waals surface area contributed by atoms with Crippen molar-refractivity contribution < 1.29 is 31.9 Å². The van der Waals surface area contributed by atoms with Gasteiger partial charge in [0.15, 0.2) is 0 Å². The zero-order valence-corrected chi connectivity index (χ0v) is 16.1. The molecule has 2 amide bonds. The Morgan fingerprint density at radius 2 is 1.83 bits per heavy atom. The van der Waals surface area contributed by atoms with E-state index in [1.165, 1.54) is 22.9 Å². The maximum atomic E-state index is 14.4. The van der Waals surface area contributed by atoms with Gasteiger partial charge in [-0.2, -0.15) is 13.1 Å². The predicted octanol–water partition coefficient (Wildman–Crippen LogP) is 2.96. The van der Waals surface area contributed by atoms with E-state index in [1.54, 1.807) is 0 Å². The van der Waals surface area contributed by atoms with Gasteiger partial charge in [-0.25, -0.2) is 18.3 Å². The maximum Gasteiger partial charge on any atom is 0.419 e. The summed E-state index contributed by atoms with van der Waals surface area (Å²) in [5, 5.41) is 10.9. The molecule has 0 bridgehead atoms. The van der Waals surface area contributed by atoms with E-state index in [2.05, 4.69) is 10.0 Å². The lowest BCUT2D eigenvalue weighted by Gasteiger charge is -2.16. The van der Waals surface area contributed by atoms with Gasteiger partial charge in [-0.05, 0) is 48.7 Å². The Kier molecular flexibility index (Phi) is 5.73. The van der Waals surface area contributed by atoms with Crippen LogP contribution in [0.5, 0.6) is 0 Å². The quantitative estimate of drug-likeness (QED) is 0.563. The highest BCUT2D eigenvalue weighted by Gasteiger charge is 2.33. The molecule has 1 unspecified atom stereocenters. The number of rotatable bonds is 5. The highest BCUT2D eigenvalue weighted by Crippen LogP contribution is 2.36. The van der Waals surface area contributed by atoms with Gasteiger partial charge in [0.05, 0.1) is 11.1 Å². The second kappa shape index (κ2) is 7.93. The summed E-state index contributed by atoms with van der Waals surface area (Å²) in [6.45, 7) is 0. The Labute approximate surface area is 169 Å². The SMILES string of the molecule is O=C(O)NS(=O)(=O)NC1CCc2c(C(=O)Nc3ccc(F)c(Cl)c3)ccc(F)c21. The van der Waals surface area contributed by atoms with E-state index in [0.29, 0.717) is 5.56 Å². The third-order valence-corrected chi connectivity index (χ3v) is 5.60. The van der Waals surface area contributed by atoms with Gasteiger partial charge in [0.2, 0.25) is 0 Å². The van der Waals surface area contributed by atoms with Crippen LogP contribution >= 0.6 is 11.6 Å². The fourth-order valence-electron chi connectivity index (χ4n) is 3.15. The molecule has 0 radical (unpaired) electrons. The monoisotopic (exact) mass is 445 g/mol. The average Bonchev–Trinajstić information content (AvgIpc) is 3.01. The number of halogens is 3. The van der Waals surface area contributed by atoms with Crippen LogP contribution in [0.25, 0.3) is 0 Å². The van der Waals surface area contributed by atoms with Crippen LogP contribution in [0, 0.1) is 11.6 Å². The van der Waals surface area contributed by atoms with Gasteiger partial charge in [-0.15, -0.1) is 0 Å². The molecule has 154 valence electrons. The first-order valence-electron chi connectivity index (χ1n) is 8.18. The largest absolute Gasteiger partial charge is 0.464 e.